The number of hydrogen-bond donors (Lipinski definition) is 2. The summed E-state index contributed by atoms with van der Waals surface area (Å²) in [6.07, 6.45) is 2.33. The lowest BCUT2D eigenvalue weighted by Gasteiger charge is -2.23. The topological polar surface area (TPSA) is 46.2 Å². The van der Waals surface area contributed by atoms with Gasteiger partial charge < -0.3 is 5.11 Å². The third-order valence-corrected chi connectivity index (χ3v) is 3.74. The van der Waals surface area contributed by atoms with Crippen molar-refractivity contribution in [2.45, 2.75) is 25.0 Å². The molecule has 0 heterocycles. The van der Waals surface area contributed by atoms with Crippen molar-refractivity contribution >= 4 is 15.9 Å². The Kier molecular flexibility index (Phi) is 4.75. The second kappa shape index (κ2) is 6.33. The summed E-state index contributed by atoms with van der Waals surface area (Å²) in [6, 6.07) is 17.7. The number of hydrogen-bond acceptors (Lipinski definition) is 2. The van der Waals surface area contributed by atoms with Gasteiger partial charge in [0.15, 0.2) is 0 Å². The van der Waals surface area contributed by atoms with Gasteiger partial charge in [-0.2, -0.15) is 0 Å². The molecule has 19 heavy (non-hydrogen) atoms. The summed E-state index contributed by atoms with van der Waals surface area (Å²) < 4.78 is 0.983. The van der Waals surface area contributed by atoms with Gasteiger partial charge in [0.05, 0.1) is 0 Å². The lowest BCUT2D eigenvalue weighted by atomic mass is 9.96. The Bertz CT molecular complexity index is 508. The zero-order valence-corrected chi connectivity index (χ0v) is 12.3. The Labute approximate surface area is 122 Å². The first-order valence-electron chi connectivity index (χ1n) is 6.39. The first-order valence-corrected chi connectivity index (χ1v) is 7.18. The van der Waals surface area contributed by atoms with Gasteiger partial charge in [-0.3, -0.25) is 5.73 Å². The molecule has 0 aliphatic carbocycles. The van der Waals surface area contributed by atoms with Gasteiger partial charge in [0, 0.05) is 4.47 Å². The van der Waals surface area contributed by atoms with Gasteiger partial charge in [-0.15, -0.1) is 0 Å². The maximum absolute atomic E-state index is 10.3. The molecular formula is C16H18BrNO. The molecule has 0 saturated heterocycles. The molecule has 0 fully saturated rings. The summed E-state index contributed by atoms with van der Waals surface area (Å²) in [5, 5.41) is 10.3. The lowest BCUT2D eigenvalue weighted by molar-refractivity contribution is 0.0322. The zero-order valence-electron chi connectivity index (χ0n) is 10.7. The van der Waals surface area contributed by atoms with E-state index in [-0.39, 0.29) is 0 Å². The molecule has 0 aliphatic rings. The highest BCUT2D eigenvalue weighted by molar-refractivity contribution is 9.10. The highest BCUT2D eigenvalue weighted by atomic mass is 79.9. The predicted octanol–water partition coefficient (Wildman–Crippen LogP) is 3.58. The SMILES string of the molecule is NC(O)(CCCc1ccccc1)c1ccc(Br)cc1. The molecule has 0 saturated carbocycles. The van der Waals surface area contributed by atoms with Crippen LogP contribution in [0.15, 0.2) is 59.1 Å². The molecule has 2 rings (SSSR count). The molecule has 3 heteroatoms. The second-order valence-corrected chi connectivity index (χ2v) is 5.69. The molecule has 0 radical (unpaired) electrons. The fraction of sp³-hybridized carbons (Fsp3) is 0.250. The summed E-state index contributed by atoms with van der Waals surface area (Å²) in [5.74, 6) is 0. The van der Waals surface area contributed by atoms with Gasteiger partial charge in [-0.25, -0.2) is 0 Å². The third kappa shape index (κ3) is 4.16. The maximum Gasteiger partial charge on any atom is 0.139 e. The van der Waals surface area contributed by atoms with E-state index in [1.807, 2.05) is 42.5 Å². The quantitative estimate of drug-likeness (QED) is 0.827. The van der Waals surface area contributed by atoms with Crippen LogP contribution in [0.4, 0.5) is 0 Å². The molecule has 0 aromatic heterocycles. The minimum atomic E-state index is -1.25. The summed E-state index contributed by atoms with van der Waals surface area (Å²) in [5.41, 5.74) is 6.76. The van der Waals surface area contributed by atoms with Crippen molar-refractivity contribution in [3.05, 3.63) is 70.2 Å². The highest BCUT2D eigenvalue weighted by Gasteiger charge is 2.22. The predicted molar refractivity (Wildman–Crippen MR) is 81.6 cm³/mol. The van der Waals surface area contributed by atoms with Crippen molar-refractivity contribution in [3.8, 4) is 0 Å². The highest BCUT2D eigenvalue weighted by Crippen LogP contribution is 2.23. The van der Waals surface area contributed by atoms with Crippen LogP contribution in [-0.4, -0.2) is 5.11 Å². The number of halogens is 1. The molecule has 100 valence electrons. The van der Waals surface area contributed by atoms with E-state index in [1.165, 1.54) is 5.56 Å². The summed E-state index contributed by atoms with van der Waals surface area (Å²) >= 11 is 3.37. The molecule has 0 bridgehead atoms. The minimum Gasteiger partial charge on any atom is -0.372 e. The van der Waals surface area contributed by atoms with Crippen LogP contribution in [0.5, 0.6) is 0 Å². The van der Waals surface area contributed by atoms with Gasteiger partial charge in [-0.1, -0.05) is 58.4 Å². The average Bonchev–Trinajstić information content (AvgIpc) is 2.40. The second-order valence-electron chi connectivity index (χ2n) is 4.77. The summed E-state index contributed by atoms with van der Waals surface area (Å²) in [6.45, 7) is 0. The summed E-state index contributed by atoms with van der Waals surface area (Å²) in [4.78, 5) is 0. The van der Waals surface area contributed by atoms with Crippen LogP contribution in [0.2, 0.25) is 0 Å². The van der Waals surface area contributed by atoms with E-state index < -0.39 is 5.72 Å². The smallest absolute Gasteiger partial charge is 0.139 e. The molecule has 0 spiro atoms. The molecule has 2 aromatic carbocycles. The van der Waals surface area contributed by atoms with Gasteiger partial charge in [0.2, 0.25) is 0 Å². The van der Waals surface area contributed by atoms with E-state index in [4.69, 9.17) is 5.73 Å². The average molecular weight is 320 g/mol. The van der Waals surface area contributed by atoms with Crippen molar-refractivity contribution in [1.82, 2.24) is 0 Å². The third-order valence-electron chi connectivity index (χ3n) is 3.21. The van der Waals surface area contributed by atoms with Gasteiger partial charge >= 0.3 is 0 Å². The van der Waals surface area contributed by atoms with E-state index in [2.05, 4.69) is 28.1 Å². The largest absolute Gasteiger partial charge is 0.372 e. The van der Waals surface area contributed by atoms with E-state index >= 15 is 0 Å². The minimum absolute atomic E-state index is 0.545. The number of aryl methyl sites for hydroxylation is 1. The monoisotopic (exact) mass is 319 g/mol. The standard InChI is InChI=1S/C16H18BrNO/c17-15-10-8-14(9-11-15)16(18,19)12-4-7-13-5-2-1-3-6-13/h1-3,5-6,8-11,19H,4,7,12,18H2. The Morgan fingerprint density at radius 1 is 1.00 bits per heavy atom. The van der Waals surface area contributed by atoms with Crippen molar-refractivity contribution in [1.29, 1.82) is 0 Å². The molecule has 2 nitrogen and oxygen atoms in total. The van der Waals surface area contributed by atoms with Crippen LogP contribution in [-0.2, 0) is 12.1 Å². The Hall–Kier alpha value is -1.16. The van der Waals surface area contributed by atoms with Gasteiger partial charge in [0.1, 0.15) is 5.72 Å². The molecular weight excluding hydrogens is 302 g/mol. The molecule has 1 unspecified atom stereocenters. The van der Waals surface area contributed by atoms with Crippen LogP contribution < -0.4 is 5.73 Å². The number of rotatable bonds is 5. The zero-order chi connectivity index (χ0) is 13.7. The van der Waals surface area contributed by atoms with Gasteiger partial charge in [-0.05, 0) is 42.5 Å². The Morgan fingerprint density at radius 2 is 1.63 bits per heavy atom. The lowest BCUT2D eigenvalue weighted by Crippen LogP contribution is -2.36. The Balaban J connectivity index is 1.92. The van der Waals surface area contributed by atoms with Crippen molar-refractivity contribution in [3.63, 3.8) is 0 Å². The number of nitrogens with two attached hydrogens (primary N) is 1. The number of aliphatic hydroxyl groups is 1. The molecule has 0 aliphatic heterocycles. The summed E-state index contributed by atoms with van der Waals surface area (Å²) in [7, 11) is 0. The fourth-order valence-electron chi connectivity index (χ4n) is 2.09. The van der Waals surface area contributed by atoms with Crippen molar-refractivity contribution < 1.29 is 5.11 Å². The molecule has 1 atom stereocenters. The molecule has 3 N–H and O–H groups in total. The van der Waals surface area contributed by atoms with Crippen LogP contribution in [0.1, 0.15) is 24.0 Å². The first-order chi connectivity index (χ1) is 9.08. The van der Waals surface area contributed by atoms with Crippen LogP contribution in [0.25, 0.3) is 0 Å². The van der Waals surface area contributed by atoms with Crippen LogP contribution in [0, 0.1) is 0 Å². The Morgan fingerprint density at radius 3 is 2.26 bits per heavy atom. The normalized spacial score (nSPS) is 14.1. The first kappa shape index (κ1) is 14.3. The van der Waals surface area contributed by atoms with Crippen LogP contribution in [0.3, 0.4) is 0 Å². The van der Waals surface area contributed by atoms with E-state index in [0.29, 0.717) is 6.42 Å². The fourth-order valence-corrected chi connectivity index (χ4v) is 2.35. The van der Waals surface area contributed by atoms with Crippen LogP contribution >= 0.6 is 15.9 Å². The van der Waals surface area contributed by atoms with Crippen molar-refractivity contribution in [2.75, 3.05) is 0 Å². The molecule has 2 aromatic rings. The van der Waals surface area contributed by atoms with E-state index in [0.717, 1.165) is 22.9 Å². The van der Waals surface area contributed by atoms with E-state index in [1.54, 1.807) is 0 Å². The van der Waals surface area contributed by atoms with Crippen molar-refractivity contribution in [2.24, 2.45) is 5.73 Å². The van der Waals surface area contributed by atoms with E-state index in [9.17, 15) is 5.11 Å². The number of benzene rings is 2. The van der Waals surface area contributed by atoms with Gasteiger partial charge in [0.25, 0.3) is 0 Å². The maximum atomic E-state index is 10.3. The molecule has 0 amide bonds.